The summed E-state index contributed by atoms with van der Waals surface area (Å²) in [7, 11) is 0. The molecule has 1 amide bonds. The number of benzene rings is 2. The van der Waals surface area contributed by atoms with Crippen molar-refractivity contribution in [2.75, 3.05) is 5.32 Å². The molecule has 0 saturated carbocycles. The molecule has 0 saturated heterocycles. The van der Waals surface area contributed by atoms with Crippen LogP contribution in [-0.4, -0.2) is 5.91 Å². The molecular formula is C14H12F2N2O. The molecule has 0 aliphatic heterocycles. The van der Waals surface area contributed by atoms with Gasteiger partial charge in [-0.15, -0.1) is 0 Å². The second-order valence-corrected chi connectivity index (χ2v) is 4.01. The minimum absolute atomic E-state index is 0.0691. The van der Waals surface area contributed by atoms with E-state index in [1.807, 2.05) is 0 Å². The fourth-order valence-electron chi connectivity index (χ4n) is 1.61. The van der Waals surface area contributed by atoms with Crippen LogP contribution in [0, 0.1) is 11.6 Å². The Morgan fingerprint density at radius 3 is 2.16 bits per heavy atom. The normalized spacial score (nSPS) is 10.3. The lowest BCUT2D eigenvalue weighted by Gasteiger charge is -2.06. The van der Waals surface area contributed by atoms with Crippen LogP contribution in [-0.2, 0) is 6.54 Å². The molecule has 2 aromatic rings. The molecule has 19 heavy (non-hydrogen) atoms. The summed E-state index contributed by atoms with van der Waals surface area (Å²) in [6.07, 6.45) is 0. The highest BCUT2D eigenvalue weighted by atomic mass is 19.1. The molecule has 0 aromatic heterocycles. The summed E-state index contributed by atoms with van der Waals surface area (Å²) < 4.78 is 26.0. The maximum absolute atomic E-state index is 13.0. The molecule has 2 aromatic carbocycles. The van der Waals surface area contributed by atoms with E-state index in [2.05, 4.69) is 5.32 Å². The van der Waals surface area contributed by atoms with E-state index in [9.17, 15) is 13.6 Å². The highest BCUT2D eigenvalue weighted by molar-refractivity contribution is 6.04. The Balaban J connectivity index is 2.15. The number of anilines is 1. The number of nitrogens with two attached hydrogens (primary N) is 1. The van der Waals surface area contributed by atoms with Gasteiger partial charge in [-0.2, -0.15) is 0 Å². The topological polar surface area (TPSA) is 55.1 Å². The van der Waals surface area contributed by atoms with Gasteiger partial charge in [-0.1, -0.05) is 12.1 Å². The van der Waals surface area contributed by atoms with Crippen LogP contribution >= 0.6 is 0 Å². The van der Waals surface area contributed by atoms with Crippen molar-refractivity contribution in [3.8, 4) is 0 Å². The monoisotopic (exact) mass is 262 g/mol. The van der Waals surface area contributed by atoms with Gasteiger partial charge in [0.2, 0.25) is 0 Å². The maximum Gasteiger partial charge on any atom is 0.255 e. The third-order valence-electron chi connectivity index (χ3n) is 2.57. The number of halogens is 2. The van der Waals surface area contributed by atoms with Crippen LogP contribution in [0.25, 0.3) is 0 Å². The molecule has 3 nitrogen and oxygen atoms in total. The first-order valence-corrected chi connectivity index (χ1v) is 5.65. The van der Waals surface area contributed by atoms with Gasteiger partial charge < -0.3 is 11.1 Å². The molecule has 3 N–H and O–H groups in total. The van der Waals surface area contributed by atoms with Crippen molar-refractivity contribution >= 4 is 11.6 Å². The maximum atomic E-state index is 13.0. The van der Waals surface area contributed by atoms with E-state index in [0.29, 0.717) is 18.3 Å². The Morgan fingerprint density at radius 1 is 1.05 bits per heavy atom. The number of carbonyl (C=O) groups excluding carboxylic acids is 1. The van der Waals surface area contributed by atoms with Gasteiger partial charge in [0.05, 0.1) is 0 Å². The van der Waals surface area contributed by atoms with E-state index in [4.69, 9.17) is 5.73 Å². The smallest absolute Gasteiger partial charge is 0.255 e. The average molecular weight is 262 g/mol. The van der Waals surface area contributed by atoms with Crippen molar-refractivity contribution in [3.63, 3.8) is 0 Å². The number of nitrogens with one attached hydrogen (secondary N) is 1. The molecule has 0 atom stereocenters. The number of amides is 1. The summed E-state index contributed by atoms with van der Waals surface area (Å²) in [5.41, 5.74) is 6.85. The zero-order chi connectivity index (χ0) is 13.8. The lowest BCUT2D eigenvalue weighted by Crippen LogP contribution is -2.12. The van der Waals surface area contributed by atoms with E-state index in [-0.39, 0.29) is 5.56 Å². The van der Waals surface area contributed by atoms with E-state index in [1.165, 1.54) is 0 Å². The SMILES string of the molecule is NCc1ccc(NC(=O)c2cc(F)cc(F)c2)cc1. The van der Waals surface area contributed by atoms with Crippen molar-refractivity contribution in [1.29, 1.82) is 0 Å². The zero-order valence-electron chi connectivity index (χ0n) is 9.99. The van der Waals surface area contributed by atoms with Crippen molar-refractivity contribution < 1.29 is 13.6 Å². The highest BCUT2D eigenvalue weighted by Crippen LogP contribution is 2.13. The van der Waals surface area contributed by atoms with Crippen LogP contribution in [0.5, 0.6) is 0 Å². The second-order valence-electron chi connectivity index (χ2n) is 4.01. The summed E-state index contributed by atoms with van der Waals surface area (Å²) in [5.74, 6) is -2.15. The molecule has 0 bridgehead atoms. The summed E-state index contributed by atoms with van der Waals surface area (Å²) >= 11 is 0. The number of hydrogen-bond acceptors (Lipinski definition) is 2. The fraction of sp³-hybridized carbons (Fsp3) is 0.0714. The first kappa shape index (κ1) is 13.2. The van der Waals surface area contributed by atoms with Gasteiger partial charge in [-0.25, -0.2) is 8.78 Å². The van der Waals surface area contributed by atoms with Gasteiger partial charge >= 0.3 is 0 Å². The number of rotatable bonds is 3. The molecule has 0 aliphatic rings. The van der Waals surface area contributed by atoms with E-state index >= 15 is 0 Å². The Kier molecular flexibility index (Phi) is 3.87. The first-order valence-electron chi connectivity index (χ1n) is 5.65. The standard InChI is InChI=1S/C14H12F2N2O/c15-11-5-10(6-12(16)7-11)14(19)18-13-3-1-9(8-17)2-4-13/h1-7H,8,17H2,(H,18,19). The quantitative estimate of drug-likeness (QED) is 0.893. The summed E-state index contributed by atoms with van der Waals surface area (Å²) in [6.45, 7) is 0.406. The van der Waals surface area contributed by atoms with Gasteiger partial charge in [0.15, 0.2) is 0 Å². The minimum Gasteiger partial charge on any atom is -0.326 e. The van der Waals surface area contributed by atoms with Crippen LogP contribution in [0.4, 0.5) is 14.5 Å². The molecule has 0 fully saturated rings. The third-order valence-corrected chi connectivity index (χ3v) is 2.57. The first-order chi connectivity index (χ1) is 9.08. The van der Waals surface area contributed by atoms with Gasteiger partial charge in [0.25, 0.3) is 5.91 Å². The summed E-state index contributed by atoms with van der Waals surface area (Å²) in [5, 5.41) is 2.55. The van der Waals surface area contributed by atoms with Crippen LogP contribution in [0.2, 0.25) is 0 Å². The Labute approximate surface area is 109 Å². The molecule has 0 heterocycles. The predicted molar refractivity (Wildman–Crippen MR) is 68.6 cm³/mol. The largest absolute Gasteiger partial charge is 0.326 e. The minimum atomic E-state index is -0.788. The molecule has 2 rings (SSSR count). The Morgan fingerprint density at radius 2 is 1.63 bits per heavy atom. The molecule has 98 valence electrons. The predicted octanol–water partition coefficient (Wildman–Crippen LogP) is 2.68. The van der Waals surface area contributed by atoms with Crippen molar-refractivity contribution in [2.24, 2.45) is 5.73 Å². The lowest BCUT2D eigenvalue weighted by molar-refractivity contribution is 0.102. The van der Waals surface area contributed by atoms with E-state index in [1.54, 1.807) is 24.3 Å². The van der Waals surface area contributed by atoms with Crippen molar-refractivity contribution in [3.05, 3.63) is 65.2 Å². The second kappa shape index (κ2) is 5.58. The molecule has 0 radical (unpaired) electrons. The fourth-order valence-corrected chi connectivity index (χ4v) is 1.61. The van der Waals surface area contributed by atoms with Gasteiger partial charge in [-0.3, -0.25) is 4.79 Å². The highest BCUT2D eigenvalue weighted by Gasteiger charge is 2.09. The van der Waals surface area contributed by atoms with E-state index < -0.39 is 17.5 Å². The van der Waals surface area contributed by atoms with Crippen molar-refractivity contribution in [1.82, 2.24) is 0 Å². The molecule has 5 heteroatoms. The average Bonchev–Trinajstić information content (AvgIpc) is 2.38. The van der Waals surface area contributed by atoms with Gasteiger partial charge in [0.1, 0.15) is 11.6 Å². The zero-order valence-corrected chi connectivity index (χ0v) is 9.99. The molecule has 0 spiro atoms. The van der Waals surface area contributed by atoms with E-state index in [0.717, 1.165) is 17.7 Å². The third kappa shape index (κ3) is 3.35. The van der Waals surface area contributed by atoms with Crippen LogP contribution in [0.3, 0.4) is 0 Å². The van der Waals surface area contributed by atoms with Crippen LogP contribution in [0.15, 0.2) is 42.5 Å². The molecular weight excluding hydrogens is 250 g/mol. The number of carbonyl (C=O) groups is 1. The molecule has 0 unspecified atom stereocenters. The Hall–Kier alpha value is -2.27. The lowest BCUT2D eigenvalue weighted by atomic mass is 10.1. The summed E-state index contributed by atoms with van der Waals surface area (Å²) in [4.78, 5) is 11.8. The van der Waals surface area contributed by atoms with Crippen LogP contribution in [0.1, 0.15) is 15.9 Å². The van der Waals surface area contributed by atoms with Crippen LogP contribution < -0.4 is 11.1 Å². The number of hydrogen-bond donors (Lipinski definition) is 2. The summed E-state index contributed by atoms with van der Waals surface area (Å²) in [6, 6.07) is 9.56. The van der Waals surface area contributed by atoms with Crippen molar-refractivity contribution in [2.45, 2.75) is 6.54 Å². The van der Waals surface area contributed by atoms with Gasteiger partial charge in [-0.05, 0) is 29.8 Å². The Bertz CT molecular complexity index is 577. The van der Waals surface area contributed by atoms with Gasteiger partial charge in [0, 0.05) is 23.9 Å². The molecule has 0 aliphatic carbocycles.